The molecule has 1 atom stereocenters. The van der Waals surface area contributed by atoms with Gasteiger partial charge in [-0.05, 0) is 25.3 Å². The van der Waals surface area contributed by atoms with Gasteiger partial charge in [0.2, 0.25) is 0 Å². The zero-order chi connectivity index (χ0) is 15.4. The van der Waals surface area contributed by atoms with Gasteiger partial charge in [-0.1, -0.05) is 6.92 Å². The fourth-order valence-electron chi connectivity index (χ4n) is 2.14. The molecule has 2 aromatic rings. The molecule has 114 valence electrons. The number of hydrogen-bond acceptors (Lipinski definition) is 4. The Balaban J connectivity index is 1.99. The lowest BCUT2D eigenvalue weighted by Gasteiger charge is -2.12. The molecule has 0 saturated carbocycles. The predicted molar refractivity (Wildman–Crippen MR) is 81.1 cm³/mol. The zero-order valence-corrected chi connectivity index (χ0v) is 12.6. The van der Waals surface area contributed by atoms with Crippen molar-refractivity contribution in [3.63, 3.8) is 0 Å². The van der Waals surface area contributed by atoms with Crippen LogP contribution in [0.2, 0.25) is 0 Å². The fraction of sp³-hybridized carbons (Fsp3) is 0.500. The Morgan fingerprint density at radius 3 is 3.00 bits per heavy atom. The molecule has 0 saturated heterocycles. The minimum absolute atomic E-state index is 0.130. The number of aliphatic hydroxyl groups excluding tert-OH is 1. The first-order valence-electron chi connectivity index (χ1n) is 6.96. The van der Waals surface area contributed by atoms with Gasteiger partial charge in [0, 0.05) is 25.6 Å². The first-order valence-corrected chi connectivity index (χ1v) is 6.96. The number of fused-ring (bicyclic) bond motifs is 1. The van der Waals surface area contributed by atoms with Gasteiger partial charge in [0.05, 0.1) is 17.6 Å². The summed E-state index contributed by atoms with van der Waals surface area (Å²) >= 11 is 0. The van der Waals surface area contributed by atoms with Gasteiger partial charge in [0.15, 0.2) is 5.65 Å². The normalized spacial score (nSPS) is 12.4. The van der Waals surface area contributed by atoms with E-state index < -0.39 is 0 Å². The first kappa shape index (κ1) is 15.2. The van der Waals surface area contributed by atoms with E-state index in [0.717, 1.165) is 16.7 Å². The Labute approximate surface area is 123 Å². The number of pyridine rings is 1. The van der Waals surface area contributed by atoms with Crippen molar-refractivity contribution in [2.75, 3.05) is 18.5 Å². The molecule has 2 heterocycles. The summed E-state index contributed by atoms with van der Waals surface area (Å²) in [6.45, 7) is 4.53. The van der Waals surface area contributed by atoms with Crippen molar-refractivity contribution in [1.82, 2.24) is 20.1 Å². The third kappa shape index (κ3) is 3.69. The molecule has 7 heteroatoms. The number of rotatable bonds is 5. The van der Waals surface area contributed by atoms with Crippen LogP contribution in [0.25, 0.3) is 11.0 Å². The van der Waals surface area contributed by atoms with E-state index in [9.17, 15) is 4.79 Å². The summed E-state index contributed by atoms with van der Waals surface area (Å²) in [4.78, 5) is 16.1. The monoisotopic (exact) mass is 291 g/mol. The van der Waals surface area contributed by atoms with E-state index in [1.165, 1.54) is 0 Å². The molecule has 3 N–H and O–H groups in total. The molecule has 0 aliphatic heterocycles. The fourth-order valence-corrected chi connectivity index (χ4v) is 2.14. The number of aryl methyl sites for hydroxylation is 2. The molecule has 0 spiro atoms. The van der Waals surface area contributed by atoms with Crippen molar-refractivity contribution in [1.29, 1.82) is 0 Å². The number of carbonyl (C=O) groups excluding carboxylic acids is 1. The maximum absolute atomic E-state index is 11.8. The molecule has 0 bridgehead atoms. The number of carbonyl (C=O) groups is 1. The van der Waals surface area contributed by atoms with Crippen LogP contribution in [0.4, 0.5) is 10.5 Å². The smallest absolute Gasteiger partial charge is 0.319 e. The highest BCUT2D eigenvalue weighted by molar-refractivity contribution is 5.91. The highest BCUT2D eigenvalue weighted by atomic mass is 16.3. The van der Waals surface area contributed by atoms with E-state index in [2.05, 4.69) is 20.7 Å². The van der Waals surface area contributed by atoms with Gasteiger partial charge in [-0.2, -0.15) is 5.10 Å². The Bertz CT molecular complexity index is 638. The second-order valence-corrected chi connectivity index (χ2v) is 5.26. The number of urea groups is 1. The van der Waals surface area contributed by atoms with Crippen LogP contribution in [0.5, 0.6) is 0 Å². The Morgan fingerprint density at radius 2 is 2.29 bits per heavy atom. The summed E-state index contributed by atoms with van der Waals surface area (Å²) in [6.07, 6.45) is 2.28. The summed E-state index contributed by atoms with van der Waals surface area (Å²) < 4.78 is 1.71. The molecular weight excluding hydrogens is 270 g/mol. The van der Waals surface area contributed by atoms with E-state index >= 15 is 0 Å². The lowest BCUT2D eigenvalue weighted by atomic mass is 10.1. The van der Waals surface area contributed by atoms with Crippen LogP contribution in [0.15, 0.2) is 12.3 Å². The van der Waals surface area contributed by atoms with Gasteiger partial charge >= 0.3 is 6.03 Å². The second-order valence-electron chi connectivity index (χ2n) is 5.26. The van der Waals surface area contributed by atoms with E-state index in [0.29, 0.717) is 18.7 Å². The van der Waals surface area contributed by atoms with Gasteiger partial charge in [0.1, 0.15) is 0 Å². The molecule has 1 unspecified atom stereocenters. The predicted octanol–water partition coefficient (Wildman–Crippen LogP) is 1.42. The SMILES string of the molecule is Cc1nn(C)c2ncc(NC(=O)NCC(C)CCO)cc12. The Morgan fingerprint density at radius 1 is 1.52 bits per heavy atom. The molecule has 2 amide bonds. The van der Waals surface area contributed by atoms with Gasteiger partial charge in [-0.3, -0.25) is 4.68 Å². The maximum Gasteiger partial charge on any atom is 0.319 e. The lowest BCUT2D eigenvalue weighted by molar-refractivity contribution is 0.243. The second kappa shape index (κ2) is 6.53. The van der Waals surface area contributed by atoms with Crippen LogP contribution in [-0.4, -0.2) is 39.1 Å². The quantitative estimate of drug-likeness (QED) is 0.776. The number of hydrogen-bond donors (Lipinski definition) is 3. The summed E-state index contributed by atoms with van der Waals surface area (Å²) in [5.41, 5.74) is 2.29. The van der Waals surface area contributed by atoms with Crippen LogP contribution in [0, 0.1) is 12.8 Å². The Kier molecular flexibility index (Phi) is 4.74. The molecule has 0 aromatic carbocycles. The highest BCUT2D eigenvalue weighted by Gasteiger charge is 2.09. The van der Waals surface area contributed by atoms with Crippen LogP contribution in [0.3, 0.4) is 0 Å². The van der Waals surface area contributed by atoms with Gasteiger partial charge in [-0.25, -0.2) is 9.78 Å². The summed E-state index contributed by atoms with van der Waals surface area (Å²) in [7, 11) is 1.84. The van der Waals surface area contributed by atoms with Crippen molar-refractivity contribution in [2.45, 2.75) is 20.3 Å². The first-order chi connectivity index (χ1) is 10.0. The van der Waals surface area contributed by atoms with Crippen LogP contribution >= 0.6 is 0 Å². The van der Waals surface area contributed by atoms with Crippen LogP contribution < -0.4 is 10.6 Å². The Hall–Kier alpha value is -2.15. The van der Waals surface area contributed by atoms with Crippen LogP contribution in [-0.2, 0) is 7.05 Å². The molecule has 2 rings (SSSR count). The summed E-state index contributed by atoms with van der Waals surface area (Å²) in [5.74, 6) is 0.238. The standard InChI is InChI=1S/C14H21N5O2/c1-9(4-5-20)7-16-14(21)17-11-6-12-10(2)18-19(3)13(12)15-8-11/h6,8-9,20H,4-5,7H2,1-3H3,(H2,16,17,21). The average Bonchev–Trinajstić information content (AvgIpc) is 2.72. The third-order valence-corrected chi connectivity index (χ3v) is 3.35. The molecule has 0 fully saturated rings. The van der Waals surface area contributed by atoms with Crippen LogP contribution in [0.1, 0.15) is 19.0 Å². The lowest BCUT2D eigenvalue weighted by Crippen LogP contribution is -2.32. The topological polar surface area (TPSA) is 92.1 Å². The number of aliphatic hydroxyl groups is 1. The van der Waals surface area contributed by atoms with E-state index in [1.54, 1.807) is 10.9 Å². The molecule has 0 radical (unpaired) electrons. The highest BCUT2D eigenvalue weighted by Crippen LogP contribution is 2.19. The molecule has 2 aromatic heterocycles. The van der Waals surface area contributed by atoms with Crippen molar-refractivity contribution < 1.29 is 9.90 Å². The van der Waals surface area contributed by atoms with Crippen molar-refractivity contribution in [3.05, 3.63) is 18.0 Å². The number of anilines is 1. The van der Waals surface area contributed by atoms with E-state index in [4.69, 9.17) is 5.11 Å². The number of amides is 2. The van der Waals surface area contributed by atoms with E-state index in [-0.39, 0.29) is 18.6 Å². The molecule has 21 heavy (non-hydrogen) atoms. The molecule has 0 aliphatic rings. The van der Waals surface area contributed by atoms with E-state index in [1.807, 2.05) is 27.0 Å². The summed E-state index contributed by atoms with van der Waals surface area (Å²) in [5, 5.41) is 19.6. The van der Waals surface area contributed by atoms with Crippen molar-refractivity contribution in [2.24, 2.45) is 13.0 Å². The van der Waals surface area contributed by atoms with Gasteiger partial charge in [0.25, 0.3) is 0 Å². The average molecular weight is 291 g/mol. The van der Waals surface area contributed by atoms with Crippen molar-refractivity contribution >= 4 is 22.8 Å². The van der Waals surface area contributed by atoms with Gasteiger partial charge in [-0.15, -0.1) is 0 Å². The van der Waals surface area contributed by atoms with Gasteiger partial charge < -0.3 is 15.7 Å². The minimum Gasteiger partial charge on any atom is -0.396 e. The maximum atomic E-state index is 11.8. The largest absolute Gasteiger partial charge is 0.396 e. The summed E-state index contributed by atoms with van der Waals surface area (Å²) in [6, 6.07) is 1.59. The number of nitrogens with one attached hydrogen (secondary N) is 2. The van der Waals surface area contributed by atoms with Crippen molar-refractivity contribution in [3.8, 4) is 0 Å². The molecular formula is C14H21N5O2. The number of nitrogens with zero attached hydrogens (tertiary/aromatic N) is 3. The minimum atomic E-state index is -0.275. The zero-order valence-electron chi connectivity index (χ0n) is 12.6. The third-order valence-electron chi connectivity index (χ3n) is 3.35. The molecule has 7 nitrogen and oxygen atoms in total. The molecule has 0 aliphatic carbocycles. The number of aromatic nitrogens is 3.